The topological polar surface area (TPSA) is 51.6 Å². The molecule has 0 atom stereocenters. The zero-order chi connectivity index (χ0) is 18.8. The Bertz CT molecular complexity index is 778. The van der Waals surface area contributed by atoms with Crippen LogP contribution in [0.5, 0.6) is 0 Å². The Hall–Kier alpha value is -2.41. The lowest BCUT2D eigenvalue weighted by atomic mass is 10.1. The van der Waals surface area contributed by atoms with Crippen molar-refractivity contribution in [2.75, 3.05) is 74.1 Å². The Balaban J connectivity index is 1.42. The number of likely N-dealkylation sites (N-methyl/N-ethyl adjacent to an activating group) is 1. The standard InChI is InChI=1S/C20H29N7/c1-16-5-4-6-18(17(16)2)25-11-13-26(14-12-25)19-15-21-23-20(22-19)27-9-7-24(3)8-10-27/h4-6,15H,7-14H2,1-3H3. The number of hydrogen-bond donors (Lipinski definition) is 0. The summed E-state index contributed by atoms with van der Waals surface area (Å²) in [5.41, 5.74) is 4.09. The van der Waals surface area contributed by atoms with Crippen LogP contribution in [0.1, 0.15) is 11.1 Å². The molecule has 3 heterocycles. The van der Waals surface area contributed by atoms with Gasteiger partial charge in [-0.1, -0.05) is 12.1 Å². The second-order valence-corrected chi connectivity index (χ2v) is 7.60. The normalized spacial score (nSPS) is 18.9. The molecule has 2 aliphatic rings. The first-order chi connectivity index (χ1) is 13.1. The van der Waals surface area contributed by atoms with E-state index in [2.05, 4.69) is 68.9 Å². The molecule has 0 aliphatic carbocycles. The van der Waals surface area contributed by atoms with Crippen molar-refractivity contribution in [3.63, 3.8) is 0 Å². The second kappa shape index (κ2) is 7.68. The van der Waals surface area contributed by atoms with Crippen molar-refractivity contribution in [1.82, 2.24) is 20.1 Å². The highest BCUT2D eigenvalue weighted by Gasteiger charge is 2.22. The number of piperazine rings is 2. The highest BCUT2D eigenvalue weighted by molar-refractivity contribution is 5.57. The van der Waals surface area contributed by atoms with Crippen molar-refractivity contribution >= 4 is 17.5 Å². The molecule has 0 radical (unpaired) electrons. The van der Waals surface area contributed by atoms with Gasteiger partial charge in [-0.15, -0.1) is 5.10 Å². The van der Waals surface area contributed by atoms with E-state index in [1.54, 1.807) is 6.20 Å². The molecule has 0 unspecified atom stereocenters. The van der Waals surface area contributed by atoms with Crippen LogP contribution in [-0.4, -0.2) is 79.5 Å². The number of rotatable bonds is 3. The van der Waals surface area contributed by atoms with Crippen molar-refractivity contribution in [2.24, 2.45) is 0 Å². The molecule has 0 amide bonds. The number of anilines is 3. The predicted octanol–water partition coefficient (Wildman–Crippen LogP) is 1.57. The summed E-state index contributed by atoms with van der Waals surface area (Å²) in [5.74, 6) is 1.71. The lowest BCUT2D eigenvalue weighted by Gasteiger charge is -2.38. The number of benzene rings is 1. The molecule has 2 aliphatic heterocycles. The summed E-state index contributed by atoms with van der Waals surface area (Å²) in [4.78, 5) is 14.2. The lowest BCUT2D eigenvalue weighted by molar-refractivity contribution is 0.311. The van der Waals surface area contributed by atoms with Crippen LogP contribution in [0, 0.1) is 13.8 Å². The Morgan fingerprint density at radius 1 is 0.815 bits per heavy atom. The third-order valence-corrected chi connectivity index (χ3v) is 5.84. The van der Waals surface area contributed by atoms with E-state index in [9.17, 15) is 0 Å². The number of nitrogens with zero attached hydrogens (tertiary/aromatic N) is 7. The zero-order valence-electron chi connectivity index (χ0n) is 16.6. The molecule has 0 saturated carbocycles. The van der Waals surface area contributed by atoms with Gasteiger partial charge in [0, 0.05) is 58.0 Å². The molecule has 1 aromatic heterocycles. The predicted molar refractivity (Wildman–Crippen MR) is 110 cm³/mol. The molecule has 2 saturated heterocycles. The van der Waals surface area contributed by atoms with Crippen LogP contribution < -0.4 is 14.7 Å². The SMILES string of the molecule is Cc1cccc(N2CCN(c3cnnc(N4CCN(C)CC4)n3)CC2)c1C. The van der Waals surface area contributed by atoms with Crippen LogP contribution in [-0.2, 0) is 0 Å². The number of hydrogen-bond acceptors (Lipinski definition) is 7. The van der Waals surface area contributed by atoms with E-state index in [1.165, 1.54) is 16.8 Å². The Kier molecular flexibility index (Phi) is 5.11. The maximum Gasteiger partial charge on any atom is 0.247 e. The van der Waals surface area contributed by atoms with E-state index in [1.807, 2.05) is 0 Å². The molecule has 7 heteroatoms. The minimum absolute atomic E-state index is 0.762. The first kappa shape index (κ1) is 18.0. The van der Waals surface area contributed by atoms with Gasteiger partial charge in [0.2, 0.25) is 5.95 Å². The van der Waals surface area contributed by atoms with Gasteiger partial charge < -0.3 is 19.6 Å². The maximum atomic E-state index is 4.82. The van der Waals surface area contributed by atoms with Gasteiger partial charge in [-0.05, 0) is 38.1 Å². The minimum atomic E-state index is 0.762. The molecule has 0 N–H and O–H groups in total. The Morgan fingerprint density at radius 3 is 2.22 bits per heavy atom. The number of aryl methyl sites for hydroxylation is 1. The summed E-state index contributed by atoms with van der Waals surface area (Å²) < 4.78 is 0. The van der Waals surface area contributed by atoms with Crippen LogP contribution in [0.25, 0.3) is 0 Å². The van der Waals surface area contributed by atoms with Gasteiger partial charge in [-0.3, -0.25) is 0 Å². The van der Waals surface area contributed by atoms with Crippen LogP contribution in [0.4, 0.5) is 17.5 Å². The van der Waals surface area contributed by atoms with Crippen LogP contribution in [0.3, 0.4) is 0 Å². The van der Waals surface area contributed by atoms with Crippen LogP contribution in [0.2, 0.25) is 0 Å². The highest BCUT2D eigenvalue weighted by Crippen LogP contribution is 2.25. The van der Waals surface area contributed by atoms with Crippen molar-refractivity contribution < 1.29 is 0 Å². The zero-order valence-corrected chi connectivity index (χ0v) is 16.6. The molecule has 2 aromatic rings. The summed E-state index contributed by atoms with van der Waals surface area (Å²) in [6, 6.07) is 6.57. The van der Waals surface area contributed by atoms with Gasteiger partial charge >= 0.3 is 0 Å². The first-order valence-electron chi connectivity index (χ1n) is 9.81. The fourth-order valence-electron chi connectivity index (χ4n) is 3.83. The van der Waals surface area contributed by atoms with Gasteiger partial charge in [-0.25, -0.2) is 0 Å². The summed E-state index contributed by atoms with van der Waals surface area (Å²) in [6.45, 7) is 12.3. The van der Waals surface area contributed by atoms with Crippen molar-refractivity contribution in [3.05, 3.63) is 35.5 Å². The molecule has 4 rings (SSSR count). The van der Waals surface area contributed by atoms with Gasteiger partial charge in [-0.2, -0.15) is 10.1 Å². The van der Waals surface area contributed by atoms with Crippen molar-refractivity contribution in [3.8, 4) is 0 Å². The fourth-order valence-corrected chi connectivity index (χ4v) is 3.83. The summed E-state index contributed by atoms with van der Waals surface area (Å²) in [5, 5.41) is 8.51. The lowest BCUT2D eigenvalue weighted by Crippen LogP contribution is -2.48. The summed E-state index contributed by atoms with van der Waals surface area (Å²) in [7, 11) is 2.16. The van der Waals surface area contributed by atoms with Gasteiger partial charge in [0.15, 0.2) is 5.82 Å². The van der Waals surface area contributed by atoms with Crippen LogP contribution >= 0.6 is 0 Å². The highest BCUT2D eigenvalue weighted by atomic mass is 15.4. The van der Waals surface area contributed by atoms with E-state index in [0.29, 0.717) is 0 Å². The Labute approximate surface area is 161 Å². The van der Waals surface area contributed by atoms with E-state index in [4.69, 9.17) is 4.98 Å². The first-order valence-corrected chi connectivity index (χ1v) is 9.81. The Morgan fingerprint density at radius 2 is 1.48 bits per heavy atom. The molecule has 144 valence electrons. The molecular formula is C20H29N7. The smallest absolute Gasteiger partial charge is 0.247 e. The quantitative estimate of drug-likeness (QED) is 0.816. The molecular weight excluding hydrogens is 338 g/mol. The summed E-state index contributed by atoms with van der Waals surface area (Å²) >= 11 is 0. The molecule has 7 nitrogen and oxygen atoms in total. The van der Waals surface area contributed by atoms with Gasteiger partial charge in [0.1, 0.15) is 0 Å². The third-order valence-electron chi connectivity index (χ3n) is 5.84. The maximum absolute atomic E-state index is 4.82. The van der Waals surface area contributed by atoms with Crippen molar-refractivity contribution in [2.45, 2.75) is 13.8 Å². The fraction of sp³-hybridized carbons (Fsp3) is 0.550. The molecule has 27 heavy (non-hydrogen) atoms. The van der Waals surface area contributed by atoms with Crippen LogP contribution in [0.15, 0.2) is 24.4 Å². The number of aromatic nitrogens is 3. The molecule has 1 aromatic carbocycles. The van der Waals surface area contributed by atoms with E-state index in [-0.39, 0.29) is 0 Å². The third kappa shape index (κ3) is 3.83. The average Bonchev–Trinajstić information content (AvgIpc) is 2.71. The molecule has 0 spiro atoms. The van der Waals surface area contributed by atoms with E-state index >= 15 is 0 Å². The van der Waals surface area contributed by atoms with Crippen molar-refractivity contribution in [1.29, 1.82) is 0 Å². The minimum Gasteiger partial charge on any atom is -0.368 e. The monoisotopic (exact) mass is 367 g/mol. The van der Waals surface area contributed by atoms with Gasteiger partial charge in [0.25, 0.3) is 0 Å². The molecule has 0 bridgehead atoms. The summed E-state index contributed by atoms with van der Waals surface area (Å²) in [6.07, 6.45) is 1.80. The van der Waals surface area contributed by atoms with E-state index in [0.717, 1.165) is 64.1 Å². The average molecular weight is 368 g/mol. The van der Waals surface area contributed by atoms with Gasteiger partial charge in [0.05, 0.1) is 6.20 Å². The molecule has 2 fully saturated rings. The van der Waals surface area contributed by atoms with E-state index < -0.39 is 0 Å². The largest absolute Gasteiger partial charge is 0.368 e. The second-order valence-electron chi connectivity index (χ2n) is 7.60.